The minimum Gasteiger partial charge on any atom is -0.488 e. The van der Waals surface area contributed by atoms with E-state index in [0.29, 0.717) is 29.2 Å². The molecule has 1 aliphatic heterocycles. The standard InChI is InChI=1S/C31H42N4O5/c1-21-18-35(22(2)20-36)29(37)17-24-16-26(32-30(38)23-10-6-4-7-11-23)14-15-27(24)40-28(21)19-34(3)31(39)33-25-12-8-5-9-13-25/h5,8-9,12-16,21-23,28,36H,4,6-7,10-11,17-20H2,1-3H3,(H,32,38)(H,33,39)/t21-,22-,28+/m0/s1. The Hall–Kier alpha value is -3.59. The lowest BCUT2D eigenvalue weighted by Crippen LogP contribution is -2.48. The van der Waals surface area contributed by atoms with Crippen molar-refractivity contribution in [1.29, 1.82) is 0 Å². The highest BCUT2D eigenvalue weighted by Gasteiger charge is 2.32. The summed E-state index contributed by atoms with van der Waals surface area (Å²) in [6.45, 7) is 4.31. The maximum absolute atomic E-state index is 13.4. The average molecular weight is 551 g/mol. The van der Waals surface area contributed by atoms with Crippen molar-refractivity contribution in [2.24, 2.45) is 11.8 Å². The summed E-state index contributed by atoms with van der Waals surface area (Å²) < 4.78 is 6.51. The number of anilines is 2. The number of carbonyl (C=O) groups is 3. The molecule has 0 unspecified atom stereocenters. The van der Waals surface area contributed by atoms with Gasteiger partial charge in [-0.3, -0.25) is 9.59 Å². The highest BCUT2D eigenvalue weighted by molar-refractivity contribution is 5.93. The number of urea groups is 1. The SMILES string of the molecule is C[C@H]1CN([C@@H](C)CO)C(=O)Cc2cc(NC(=O)C3CCCCC3)ccc2O[C@@H]1CN(C)C(=O)Nc1ccccc1. The second-order valence-electron chi connectivity index (χ2n) is 11.2. The molecule has 1 fully saturated rings. The molecule has 3 N–H and O–H groups in total. The van der Waals surface area contributed by atoms with Crippen molar-refractivity contribution in [3.8, 4) is 5.75 Å². The molecule has 1 heterocycles. The number of hydrogen-bond acceptors (Lipinski definition) is 5. The van der Waals surface area contributed by atoms with Crippen molar-refractivity contribution in [1.82, 2.24) is 9.80 Å². The number of aliphatic hydroxyl groups is 1. The zero-order valence-corrected chi connectivity index (χ0v) is 23.8. The molecule has 4 rings (SSSR count). The van der Waals surface area contributed by atoms with E-state index in [0.717, 1.165) is 25.7 Å². The van der Waals surface area contributed by atoms with E-state index >= 15 is 0 Å². The predicted octanol–water partition coefficient (Wildman–Crippen LogP) is 4.52. The molecule has 3 atom stereocenters. The molecule has 0 saturated heterocycles. The van der Waals surface area contributed by atoms with Gasteiger partial charge in [-0.1, -0.05) is 44.4 Å². The molecule has 1 saturated carbocycles. The van der Waals surface area contributed by atoms with Crippen LogP contribution < -0.4 is 15.4 Å². The van der Waals surface area contributed by atoms with Gasteiger partial charge < -0.3 is 30.3 Å². The Labute approximate surface area is 236 Å². The molecule has 1 aliphatic carbocycles. The van der Waals surface area contributed by atoms with Gasteiger partial charge in [0.05, 0.1) is 25.6 Å². The number of ether oxygens (including phenoxy) is 1. The monoisotopic (exact) mass is 550 g/mol. The van der Waals surface area contributed by atoms with Crippen LogP contribution in [0.2, 0.25) is 0 Å². The summed E-state index contributed by atoms with van der Waals surface area (Å²) in [6, 6.07) is 14.0. The van der Waals surface area contributed by atoms with Gasteiger partial charge in [0, 0.05) is 42.4 Å². The third-order valence-corrected chi connectivity index (χ3v) is 7.99. The molecule has 9 nitrogen and oxygen atoms in total. The summed E-state index contributed by atoms with van der Waals surface area (Å²) in [7, 11) is 1.71. The molecule has 0 bridgehead atoms. The van der Waals surface area contributed by atoms with E-state index in [9.17, 15) is 19.5 Å². The average Bonchev–Trinajstić information content (AvgIpc) is 3.01. The summed E-state index contributed by atoms with van der Waals surface area (Å²) in [5.41, 5.74) is 2.00. The number of para-hydroxylation sites is 1. The van der Waals surface area contributed by atoms with Gasteiger partial charge in [-0.2, -0.15) is 0 Å². The minimum atomic E-state index is -0.424. The lowest BCUT2D eigenvalue weighted by molar-refractivity contribution is -0.134. The second-order valence-corrected chi connectivity index (χ2v) is 11.2. The number of hydrogen-bond donors (Lipinski definition) is 3. The number of nitrogens with one attached hydrogen (secondary N) is 2. The van der Waals surface area contributed by atoms with Crippen LogP contribution in [0.15, 0.2) is 48.5 Å². The smallest absolute Gasteiger partial charge is 0.321 e. The Morgan fingerprint density at radius 2 is 1.80 bits per heavy atom. The quantitative estimate of drug-likeness (QED) is 0.470. The number of nitrogens with zero attached hydrogens (tertiary/aromatic N) is 2. The maximum Gasteiger partial charge on any atom is 0.321 e. The van der Waals surface area contributed by atoms with Crippen molar-refractivity contribution in [2.75, 3.05) is 37.4 Å². The Bertz CT molecular complexity index is 1170. The number of benzene rings is 2. The van der Waals surface area contributed by atoms with Crippen molar-refractivity contribution < 1.29 is 24.2 Å². The molecule has 0 aromatic heterocycles. The third kappa shape index (κ3) is 7.53. The van der Waals surface area contributed by atoms with Crippen molar-refractivity contribution in [3.63, 3.8) is 0 Å². The summed E-state index contributed by atoms with van der Waals surface area (Å²) >= 11 is 0. The molecule has 0 radical (unpaired) electrons. The van der Waals surface area contributed by atoms with E-state index in [1.807, 2.05) is 56.3 Å². The topological polar surface area (TPSA) is 111 Å². The zero-order chi connectivity index (χ0) is 28.6. The van der Waals surface area contributed by atoms with E-state index in [1.165, 1.54) is 6.42 Å². The van der Waals surface area contributed by atoms with Gasteiger partial charge >= 0.3 is 6.03 Å². The first kappa shape index (κ1) is 29.4. The number of fused-ring (bicyclic) bond motifs is 1. The van der Waals surface area contributed by atoms with Gasteiger partial charge in [0.15, 0.2) is 0 Å². The highest BCUT2D eigenvalue weighted by Crippen LogP contribution is 2.30. The molecular formula is C31H42N4O5. The largest absolute Gasteiger partial charge is 0.488 e. The fourth-order valence-electron chi connectivity index (χ4n) is 5.43. The van der Waals surface area contributed by atoms with Crippen molar-refractivity contribution in [3.05, 3.63) is 54.1 Å². The lowest BCUT2D eigenvalue weighted by Gasteiger charge is -2.34. The van der Waals surface area contributed by atoms with Crippen LogP contribution in [0.5, 0.6) is 5.75 Å². The first-order valence-corrected chi connectivity index (χ1v) is 14.3. The van der Waals surface area contributed by atoms with Gasteiger partial charge in [-0.05, 0) is 50.1 Å². The molecule has 40 heavy (non-hydrogen) atoms. The van der Waals surface area contributed by atoms with Gasteiger partial charge in [-0.15, -0.1) is 0 Å². The van der Waals surface area contributed by atoms with E-state index in [2.05, 4.69) is 10.6 Å². The summed E-state index contributed by atoms with van der Waals surface area (Å²) in [5.74, 6) is 0.325. The van der Waals surface area contributed by atoms with Crippen LogP contribution in [0.3, 0.4) is 0 Å². The van der Waals surface area contributed by atoms with Gasteiger partial charge in [0.25, 0.3) is 0 Å². The van der Waals surface area contributed by atoms with E-state index in [1.54, 1.807) is 22.9 Å². The molecule has 2 aromatic rings. The number of rotatable bonds is 7. The summed E-state index contributed by atoms with van der Waals surface area (Å²) in [6.07, 6.45) is 4.77. The highest BCUT2D eigenvalue weighted by atomic mass is 16.5. The van der Waals surface area contributed by atoms with Crippen LogP contribution in [-0.4, -0.2) is 71.6 Å². The van der Waals surface area contributed by atoms with E-state index in [-0.39, 0.29) is 55.3 Å². The predicted molar refractivity (Wildman–Crippen MR) is 155 cm³/mol. The summed E-state index contributed by atoms with van der Waals surface area (Å²) in [5, 5.41) is 15.8. The van der Waals surface area contributed by atoms with Crippen LogP contribution in [0.4, 0.5) is 16.2 Å². The molecule has 9 heteroatoms. The van der Waals surface area contributed by atoms with Crippen LogP contribution in [0.25, 0.3) is 0 Å². The normalized spacial score (nSPS) is 20.7. The molecule has 216 valence electrons. The molecule has 0 spiro atoms. The van der Waals surface area contributed by atoms with E-state index < -0.39 is 6.10 Å². The van der Waals surface area contributed by atoms with Crippen molar-refractivity contribution >= 4 is 29.2 Å². The van der Waals surface area contributed by atoms with Crippen LogP contribution in [0.1, 0.15) is 51.5 Å². The molecule has 2 aliphatic rings. The van der Waals surface area contributed by atoms with Crippen LogP contribution in [0, 0.1) is 11.8 Å². The zero-order valence-electron chi connectivity index (χ0n) is 23.8. The fourth-order valence-corrected chi connectivity index (χ4v) is 5.43. The van der Waals surface area contributed by atoms with Gasteiger partial charge in [-0.25, -0.2) is 4.79 Å². The minimum absolute atomic E-state index is 0.0144. The molecule has 2 aromatic carbocycles. The third-order valence-electron chi connectivity index (χ3n) is 7.99. The van der Waals surface area contributed by atoms with Crippen LogP contribution >= 0.6 is 0 Å². The fraction of sp³-hybridized carbons (Fsp3) is 0.516. The summed E-state index contributed by atoms with van der Waals surface area (Å²) in [4.78, 5) is 42.5. The van der Waals surface area contributed by atoms with Gasteiger partial charge in [0.2, 0.25) is 11.8 Å². The maximum atomic E-state index is 13.4. The Morgan fingerprint density at radius 1 is 1.07 bits per heavy atom. The Kier molecular flexibility index (Phi) is 10.0. The number of amides is 4. The Balaban J connectivity index is 1.56. The van der Waals surface area contributed by atoms with Crippen molar-refractivity contribution in [2.45, 2.75) is 64.5 Å². The number of likely N-dealkylation sites (N-methyl/N-ethyl adjacent to an activating group) is 1. The Morgan fingerprint density at radius 3 is 2.50 bits per heavy atom. The first-order chi connectivity index (χ1) is 19.2. The molecular weight excluding hydrogens is 508 g/mol. The lowest BCUT2D eigenvalue weighted by atomic mass is 9.88. The second kappa shape index (κ2) is 13.7. The van der Waals surface area contributed by atoms with E-state index in [4.69, 9.17) is 4.74 Å². The van der Waals surface area contributed by atoms with Gasteiger partial charge in [0.1, 0.15) is 11.9 Å². The van der Waals surface area contributed by atoms with Crippen LogP contribution in [-0.2, 0) is 16.0 Å². The first-order valence-electron chi connectivity index (χ1n) is 14.3. The number of aliphatic hydroxyl groups excluding tert-OH is 1. The number of carbonyl (C=O) groups excluding carboxylic acids is 3. The molecule has 4 amide bonds.